The van der Waals surface area contributed by atoms with Gasteiger partial charge >= 0.3 is 6.03 Å². The molecule has 2 N–H and O–H groups in total. The van der Waals surface area contributed by atoms with Crippen molar-refractivity contribution in [1.29, 1.82) is 0 Å². The third-order valence-electron chi connectivity index (χ3n) is 4.42. The van der Waals surface area contributed by atoms with E-state index in [1.165, 1.54) is 6.21 Å². The van der Waals surface area contributed by atoms with E-state index in [0.717, 1.165) is 15.6 Å². The number of benzene rings is 3. The number of ether oxygens (including phenoxy) is 2. The number of amides is 2. The van der Waals surface area contributed by atoms with Gasteiger partial charge in [0.05, 0.1) is 17.8 Å². The third kappa shape index (κ3) is 7.39. The van der Waals surface area contributed by atoms with Crippen LogP contribution in [0.1, 0.15) is 23.6 Å². The van der Waals surface area contributed by atoms with Crippen LogP contribution in [-0.2, 0) is 6.61 Å². The van der Waals surface area contributed by atoms with Crippen molar-refractivity contribution in [1.82, 2.24) is 5.43 Å². The van der Waals surface area contributed by atoms with Crippen molar-refractivity contribution in [2.24, 2.45) is 5.10 Å². The molecular weight excluding hydrogens is 529 g/mol. The van der Waals surface area contributed by atoms with Gasteiger partial charge in [-0.3, -0.25) is 0 Å². The van der Waals surface area contributed by atoms with Gasteiger partial charge < -0.3 is 14.8 Å². The molecule has 0 bridgehead atoms. The predicted octanol–water partition coefficient (Wildman–Crippen LogP) is 7.20. The fourth-order valence-electron chi connectivity index (χ4n) is 2.85. The first-order chi connectivity index (χ1) is 15.9. The molecule has 6 nitrogen and oxygen atoms in total. The highest BCUT2D eigenvalue weighted by atomic mass is 79.9. The SMILES string of the molecule is CCOc1cc(/C=N/NC(=O)Nc2ccc(Br)c(C)c2)cc(Cl)c1OCc1ccc(Cl)cc1. The Balaban J connectivity index is 1.65. The van der Waals surface area contributed by atoms with E-state index < -0.39 is 6.03 Å². The molecule has 2 amide bonds. The number of hydrazone groups is 1. The average molecular weight is 551 g/mol. The van der Waals surface area contributed by atoms with Gasteiger partial charge in [-0.05, 0) is 73.0 Å². The number of hydrogen-bond acceptors (Lipinski definition) is 4. The Hall–Kier alpha value is -2.74. The van der Waals surface area contributed by atoms with Crippen molar-refractivity contribution >= 4 is 57.1 Å². The van der Waals surface area contributed by atoms with Gasteiger partial charge in [0.15, 0.2) is 11.5 Å². The summed E-state index contributed by atoms with van der Waals surface area (Å²) in [6.45, 7) is 4.55. The van der Waals surface area contributed by atoms with Crippen molar-refractivity contribution in [3.8, 4) is 11.5 Å². The zero-order valence-corrected chi connectivity index (χ0v) is 21.1. The molecule has 0 unspecified atom stereocenters. The van der Waals surface area contributed by atoms with E-state index in [1.807, 2.05) is 38.1 Å². The molecular formula is C24H22BrCl2N3O3. The number of carbonyl (C=O) groups is 1. The molecule has 0 aliphatic heterocycles. The number of nitrogens with one attached hydrogen (secondary N) is 2. The molecule has 0 fully saturated rings. The minimum Gasteiger partial charge on any atom is -0.490 e. The summed E-state index contributed by atoms with van der Waals surface area (Å²) < 4.78 is 12.6. The first kappa shape index (κ1) is 24.9. The second-order valence-corrected chi connectivity index (χ2v) is 8.66. The monoisotopic (exact) mass is 549 g/mol. The Kier molecular flexibility index (Phi) is 9.00. The lowest BCUT2D eigenvalue weighted by atomic mass is 10.2. The minimum absolute atomic E-state index is 0.307. The van der Waals surface area contributed by atoms with Gasteiger partial charge in [-0.1, -0.05) is 51.3 Å². The lowest BCUT2D eigenvalue weighted by Crippen LogP contribution is -2.24. The van der Waals surface area contributed by atoms with Crippen LogP contribution in [-0.4, -0.2) is 18.9 Å². The molecule has 3 aromatic rings. The third-order valence-corrected chi connectivity index (χ3v) is 5.85. The summed E-state index contributed by atoms with van der Waals surface area (Å²) >= 11 is 15.8. The zero-order chi connectivity index (χ0) is 23.8. The largest absolute Gasteiger partial charge is 0.490 e. The Labute approximate surface area is 211 Å². The van der Waals surface area contributed by atoms with Crippen molar-refractivity contribution in [2.45, 2.75) is 20.5 Å². The lowest BCUT2D eigenvalue weighted by Gasteiger charge is -2.14. The van der Waals surface area contributed by atoms with Gasteiger partial charge in [0, 0.05) is 15.2 Å². The maximum Gasteiger partial charge on any atom is 0.339 e. The molecule has 0 aliphatic carbocycles. The summed E-state index contributed by atoms with van der Waals surface area (Å²) in [5, 5.41) is 7.73. The quantitative estimate of drug-likeness (QED) is 0.230. The number of urea groups is 1. The van der Waals surface area contributed by atoms with Crippen LogP contribution >= 0.6 is 39.1 Å². The molecule has 0 aromatic heterocycles. The summed E-state index contributed by atoms with van der Waals surface area (Å²) in [5.41, 5.74) is 5.68. The van der Waals surface area contributed by atoms with Crippen LogP contribution in [0.25, 0.3) is 0 Å². The fourth-order valence-corrected chi connectivity index (χ4v) is 3.49. The second-order valence-electron chi connectivity index (χ2n) is 6.97. The topological polar surface area (TPSA) is 72.0 Å². The van der Waals surface area contributed by atoms with Gasteiger partial charge in [-0.15, -0.1) is 0 Å². The number of aryl methyl sites for hydroxylation is 1. The first-order valence-corrected chi connectivity index (χ1v) is 11.6. The highest BCUT2D eigenvalue weighted by Gasteiger charge is 2.13. The smallest absolute Gasteiger partial charge is 0.339 e. The van der Waals surface area contributed by atoms with Crippen LogP contribution in [0.5, 0.6) is 11.5 Å². The Bertz CT molecular complexity index is 1150. The van der Waals surface area contributed by atoms with E-state index in [0.29, 0.717) is 46.0 Å². The first-order valence-electron chi connectivity index (χ1n) is 10.1. The highest BCUT2D eigenvalue weighted by Crippen LogP contribution is 2.37. The molecule has 3 aromatic carbocycles. The summed E-state index contributed by atoms with van der Waals surface area (Å²) in [6, 6.07) is 15.8. The highest BCUT2D eigenvalue weighted by molar-refractivity contribution is 9.10. The molecule has 0 aliphatic rings. The number of nitrogens with zero attached hydrogens (tertiary/aromatic N) is 1. The van der Waals surface area contributed by atoms with Gasteiger partial charge in [-0.25, -0.2) is 10.2 Å². The molecule has 0 saturated carbocycles. The van der Waals surface area contributed by atoms with Gasteiger partial charge in [0.2, 0.25) is 0 Å². The maximum absolute atomic E-state index is 12.1. The minimum atomic E-state index is -0.466. The van der Waals surface area contributed by atoms with Crippen LogP contribution < -0.4 is 20.2 Å². The van der Waals surface area contributed by atoms with Crippen LogP contribution in [0.15, 0.2) is 64.2 Å². The van der Waals surface area contributed by atoms with Gasteiger partial charge in [-0.2, -0.15) is 5.10 Å². The summed E-state index contributed by atoms with van der Waals surface area (Å²) in [7, 11) is 0. The van der Waals surface area contributed by atoms with E-state index in [9.17, 15) is 4.79 Å². The predicted molar refractivity (Wildman–Crippen MR) is 137 cm³/mol. The van der Waals surface area contributed by atoms with Gasteiger partial charge in [0.25, 0.3) is 0 Å². The summed E-state index contributed by atoms with van der Waals surface area (Å²) in [6.07, 6.45) is 1.48. The van der Waals surface area contributed by atoms with E-state index in [1.54, 1.807) is 30.3 Å². The van der Waals surface area contributed by atoms with Crippen molar-refractivity contribution < 1.29 is 14.3 Å². The Morgan fingerprint density at radius 2 is 1.85 bits per heavy atom. The van der Waals surface area contributed by atoms with Crippen molar-refractivity contribution in [2.75, 3.05) is 11.9 Å². The lowest BCUT2D eigenvalue weighted by molar-refractivity contribution is 0.252. The molecule has 33 heavy (non-hydrogen) atoms. The second kappa shape index (κ2) is 11.9. The molecule has 0 atom stereocenters. The Morgan fingerprint density at radius 3 is 2.55 bits per heavy atom. The zero-order valence-electron chi connectivity index (χ0n) is 18.0. The summed E-state index contributed by atoms with van der Waals surface area (Å²) in [5.74, 6) is 0.914. The number of carbonyl (C=O) groups excluding carboxylic acids is 1. The van der Waals surface area contributed by atoms with Crippen LogP contribution in [0, 0.1) is 6.92 Å². The standard InChI is InChI=1S/C24H22BrCl2N3O3/c1-3-32-22-12-17(11-21(27)23(22)33-14-16-4-6-18(26)7-5-16)13-28-30-24(31)29-19-8-9-20(25)15(2)10-19/h4-13H,3,14H2,1-2H3,(H2,29,30,31)/b28-13+. The normalized spacial score (nSPS) is 10.8. The molecule has 0 saturated heterocycles. The molecule has 3 rings (SSSR count). The molecule has 172 valence electrons. The van der Waals surface area contributed by atoms with E-state index in [2.05, 4.69) is 31.8 Å². The van der Waals surface area contributed by atoms with E-state index in [4.69, 9.17) is 32.7 Å². The summed E-state index contributed by atoms with van der Waals surface area (Å²) in [4.78, 5) is 12.1. The maximum atomic E-state index is 12.1. The average Bonchev–Trinajstić information content (AvgIpc) is 2.77. The van der Waals surface area contributed by atoms with E-state index >= 15 is 0 Å². The van der Waals surface area contributed by atoms with Crippen LogP contribution in [0.2, 0.25) is 10.0 Å². The number of halogens is 3. The van der Waals surface area contributed by atoms with Crippen molar-refractivity contribution in [3.63, 3.8) is 0 Å². The number of hydrogen-bond donors (Lipinski definition) is 2. The Morgan fingerprint density at radius 1 is 1.09 bits per heavy atom. The number of rotatable bonds is 8. The fraction of sp³-hybridized carbons (Fsp3) is 0.167. The molecule has 0 radical (unpaired) electrons. The molecule has 0 spiro atoms. The van der Waals surface area contributed by atoms with Gasteiger partial charge in [0.1, 0.15) is 6.61 Å². The van der Waals surface area contributed by atoms with Crippen molar-refractivity contribution in [3.05, 3.63) is 85.8 Å². The molecule has 0 heterocycles. The van der Waals surface area contributed by atoms with Crippen LogP contribution in [0.4, 0.5) is 10.5 Å². The van der Waals surface area contributed by atoms with E-state index in [-0.39, 0.29) is 0 Å². The van der Waals surface area contributed by atoms with Crippen LogP contribution in [0.3, 0.4) is 0 Å². The molecule has 9 heteroatoms. The number of anilines is 1.